The molecule has 12 heavy (non-hydrogen) atoms. The summed E-state index contributed by atoms with van der Waals surface area (Å²) in [4.78, 5) is 10.3. The Balaban J connectivity index is 3.40. The Hall–Kier alpha value is -0.990. The Bertz CT molecular complexity index is 155. The maximum atomic E-state index is 10.3. The summed E-state index contributed by atoms with van der Waals surface area (Å²) in [5.74, 6) is -0.824. The molecule has 0 aromatic heterocycles. The molecular formula is C9H17NO2. The van der Waals surface area contributed by atoms with Gasteiger partial charge in [0, 0.05) is 0 Å². The lowest BCUT2D eigenvalue weighted by molar-refractivity contribution is -0.138. The second kappa shape index (κ2) is 6.70. The van der Waals surface area contributed by atoms with E-state index in [0.29, 0.717) is 0 Å². The van der Waals surface area contributed by atoms with Crippen LogP contribution in [0.4, 0.5) is 0 Å². The van der Waals surface area contributed by atoms with Gasteiger partial charge in [0.15, 0.2) is 0 Å². The fraction of sp³-hybridized carbons (Fsp3) is 0.667. The van der Waals surface area contributed by atoms with Crippen LogP contribution in [0, 0.1) is 0 Å². The molecule has 2 N–H and O–H groups in total. The minimum atomic E-state index is -0.824. The van der Waals surface area contributed by atoms with Crippen molar-refractivity contribution in [2.75, 3.05) is 0 Å². The van der Waals surface area contributed by atoms with E-state index in [1.54, 1.807) is 13.1 Å². The molecule has 0 amide bonds. The highest BCUT2D eigenvalue weighted by Gasteiger charge is 2.05. The van der Waals surface area contributed by atoms with Gasteiger partial charge in [-0.2, -0.15) is 0 Å². The number of rotatable bonds is 6. The largest absolute Gasteiger partial charge is 0.480 e. The Morgan fingerprint density at radius 3 is 2.83 bits per heavy atom. The van der Waals surface area contributed by atoms with Crippen LogP contribution in [0.2, 0.25) is 0 Å². The van der Waals surface area contributed by atoms with E-state index < -0.39 is 12.0 Å². The first-order valence-electron chi connectivity index (χ1n) is 4.32. The summed E-state index contributed by atoms with van der Waals surface area (Å²) in [6.45, 7) is 3.74. The van der Waals surface area contributed by atoms with Crippen molar-refractivity contribution in [2.24, 2.45) is 0 Å². The van der Waals surface area contributed by atoms with Crippen LogP contribution in [-0.2, 0) is 4.79 Å². The molecular weight excluding hydrogens is 154 g/mol. The lowest BCUT2D eigenvalue weighted by atomic mass is 10.2. The fourth-order valence-corrected chi connectivity index (χ4v) is 0.689. The summed E-state index contributed by atoms with van der Waals surface area (Å²) in [6, 6.07) is -0.497. The second-order valence-corrected chi connectivity index (χ2v) is 2.77. The maximum absolute atomic E-state index is 10.3. The monoisotopic (exact) mass is 171 g/mol. The molecule has 3 heteroatoms. The number of aliphatic carboxylic acids is 1. The van der Waals surface area contributed by atoms with Crippen molar-refractivity contribution in [3.63, 3.8) is 0 Å². The summed E-state index contributed by atoms with van der Waals surface area (Å²) >= 11 is 0. The molecule has 0 heterocycles. The van der Waals surface area contributed by atoms with Crippen molar-refractivity contribution in [1.29, 1.82) is 0 Å². The van der Waals surface area contributed by atoms with Crippen LogP contribution in [0.5, 0.6) is 0 Å². The van der Waals surface area contributed by atoms with Crippen molar-refractivity contribution in [1.82, 2.24) is 5.32 Å². The predicted molar refractivity (Wildman–Crippen MR) is 48.9 cm³/mol. The van der Waals surface area contributed by atoms with Crippen LogP contribution in [0.3, 0.4) is 0 Å². The molecule has 0 rings (SSSR count). The predicted octanol–water partition coefficient (Wildman–Crippen LogP) is 1.75. The van der Waals surface area contributed by atoms with E-state index >= 15 is 0 Å². The third-order valence-electron chi connectivity index (χ3n) is 1.56. The van der Waals surface area contributed by atoms with Gasteiger partial charge < -0.3 is 10.4 Å². The van der Waals surface area contributed by atoms with Gasteiger partial charge in [-0.15, -0.1) is 0 Å². The topological polar surface area (TPSA) is 49.3 Å². The lowest BCUT2D eigenvalue weighted by Crippen LogP contribution is -2.29. The van der Waals surface area contributed by atoms with Gasteiger partial charge in [0.1, 0.15) is 6.04 Å². The number of unbranched alkanes of at least 4 members (excludes halogenated alkanes) is 2. The number of hydrogen-bond acceptors (Lipinski definition) is 2. The second-order valence-electron chi connectivity index (χ2n) is 2.77. The highest BCUT2D eigenvalue weighted by molar-refractivity contribution is 5.72. The molecule has 0 aliphatic carbocycles. The number of nitrogens with one attached hydrogen (secondary N) is 1. The first-order valence-corrected chi connectivity index (χ1v) is 4.32. The zero-order valence-corrected chi connectivity index (χ0v) is 7.71. The molecule has 0 saturated carbocycles. The van der Waals surface area contributed by atoms with E-state index in [-0.39, 0.29) is 0 Å². The number of hydrogen-bond donors (Lipinski definition) is 2. The number of carboxylic acid groups (broad SMARTS) is 1. The van der Waals surface area contributed by atoms with E-state index in [9.17, 15) is 4.79 Å². The minimum absolute atomic E-state index is 0.497. The first-order chi connectivity index (χ1) is 5.68. The summed E-state index contributed by atoms with van der Waals surface area (Å²) in [5.41, 5.74) is 0. The molecule has 0 spiro atoms. The molecule has 0 aromatic carbocycles. The third-order valence-corrected chi connectivity index (χ3v) is 1.56. The van der Waals surface area contributed by atoms with Gasteiger partial charge in [-0.05, 0) is 19.5 Å². The Morgan fingerprint density at radius 2 is 2.33 bits per heavy atom. The van der Waals surface area contributed by atoms with Crippen LogP contribution < -0.4 is 5.32 Å². The number of carbonyl (C=O) groups is 1. The van der Waals surface area contributed by atoms with Gasteiger partial charge >= 0.3 is 5.97 Å². The zero-order chi connectivity index (χ0) is 9.40. The fourth-order valence-electron chi connectivity index (χ4n) is 0.689. The van der Waals surface area contributed by atoms with Crippen molar-refractivity contribution >= 4 is 5.97 Å². The number of allylic oxidation sites excluding steroid dienone is 1. The molecule has 0 bridgehead atoms. The van der Waals surface area contributed by atoms with Gasteiger partial charge in [-0.25, -0.2) is 0 Å². The summed E-state index contributed by atoms with van der Waals surface area (Å²) in [7, 11) is 0. The summed E-state index contributed by atoms with van der Waals surface area (Å²) in [5, 5.41) is 11.2. The summed E-state index contributed by atoms with van der Waals surface area (Å²) in [6.07, 6.45) is 7.01. The SMILES string of the molecule is CCCCC=CN[C@H](C)C(=O)O. The standard InChI is InChI=1S/C9H17NO2/c1-3-4-5-6-7-10-8(2)9(11)12/h6-8,10H,3-5H2,1-2H3,(H,11,12)/t8-/m1/s1. The maximum Gasteiger partial charge on any atom is 0.325 e. The quantitative estimate of drug-likeness (QED) is 0.598. The van der Waals surface area contributed by atoms with Crippen molar-refractivity contribution in [3.8, 4) is 0 Å². The van der Waals surface area contributed by atoms with Crippen LogP contribution in [0.25, 0.3) is 0 Å². The van der Waals surface area contributed by atoms with Crippen molar-refractivity contribution in [3.05, 3.63) is 12.3 Å². The Morgan fingerprint density at radius 1 is 1.67 bits per heavy atom. The molecule has 70 valence electrons. The molecule has 3 nitrogen and oxygen atoms in total. The van der Waals surface area contributed by atoms with E-state index in [1.165, 1.54) is 6.42 Å². The van der Waals surface area contributed by atoms with Crippen LogP contribution >= 0.6 is 0 Å². The highest BCUT2D eigenvalue weighted by atomic mass is 16.4. The lowest BCUT2D eigenvalue weighted by Gasteiger charge is -2.04. The average Bonchev–Trinajstić information content (AvgIpc) is 2.03. The molecule has 0 saturated heterocycles. The van der Waals surface area contributed by atoms with Gasteiger partial charge in [-0.3, -0.25) is 4.79 Å². The molecule has 0 aromatic rings. The van der Waals surface area contributed by atoms with Crippen LogP contribution in [0.15, 0.2) is 12.3 Å². The van der Waals surface area contributed by atoms with Crippen LogP contribution in [0.1, 0.15) is 33.1 Å². The number of carboxylic acids is 1. The van der Waals surface area contributed by atoms with Crippen molar-refractivity contribution < 1.29 is 9.90 Å². The molecule has 0 aliphatic heterocycles. The van der Waals surface area contributed by atoms with E-state index in [2.05, 4.69) is 12.2 Å². The van der Waals surface area contributed by atoms with Crippen molar-refractivity contribution in [2.45, 2.75) is 39.2 Å². The van der Waals surface area contributed by atoms with Crippen LogP contribution in [-0.4, -0.2) is 17.1 Å². The highest BCUT2D eigenvalue weighted by Crippen LogP contribution is 1.93. The van der Waals surface area contributed by atoms with E-state index in [0.717, 1.165) is 12.8 Å². The van der Waals surface area contributed by atoms with Gasteiger partial charge in [0.2, 0.25) is 0 Å². The third kappa shape index (κ3) is 5.77. The zero-order valence-electron chi connectivity index (χ0n) is 7.71. The van der Waals surface area contributed by atoms with E-state index in [4.69, 9.17) is 5.11 Å². The average molecular weight is 171 g/mol. The normalized spacial score (nSPS) is 13.2. The molecule has 0 unspecified atom stereocenters. The molecule has 0 aliphatic rings. The Labute approximate surface area is 73.5 Å². The van der Waals surface area contributed by atoms with Gasteiger partial charge in [0.05, 0.1) is 0 Å². The summed E-state index contributed by atoms with van der Waals surface area (Å²) < 4.78 is 0. The molecule has 1 atom stereocenters. The Kier molecular flexibility index (Phi) is 6.15. The van der Waals surface area contributed by atoms with Gasteiger partial charge in [0.25, 0.3) is 0 Å². The first kappa shape index (κ1) is 11.0. The van der Waals surface area contributed by atoms with Gasteiger partial charge in [-0.1, -0.05) is 25.8 Å². The molecule has 0 fully saturated rings. The minimum Gasteiger partial charge on any atom is -0.480 e. The molecule has 0 radical (unpaired) electrons. The smallest absolute Gasteiger partial charge is 0.325 e. The van der Waals surface area contributed by atoms with E-state index in [1.807, 2.05) is 6.08 Å².